The smallest absolute Gasteiger partial charge is 0.236 e. The van der Waals surface area contributed by atoms with Crippen LogP contribution < -0.4 is 5.32 Å². The molecule has 94 valence electrons. The van der Waals surface area contributed by atoms with Crippen molar-refractivity contribution in [1.82, 2.24) is 10.2 Å². The molecule has 16 heavy (non-hydrogen) atoms. The van der Waals surface area contributed by atoms with Crippen molar-refractivity contribution >= 4 is 5.91 Å². The maximum atomic E-state index is 11.8. The molecule has 0 aromatic heterocycles. The van der Waals surface area contributed by atoms with Gasteiger partial charge in [0.1, 0.15) is 0 Å². The van der Waals surface area contributed by atoms with Crippen LogP contribution in [0.5, 0.6) is 0 Å². The number of amides is 1. The van der Waals surface area contributed by atoms with Gasteiger partial charge in [0.15, 0.2) is 0 Å². The molecule has 1 heterocycles. The fourth-order valence-electron chi connectivity index (χ4n) is 1.86. The first-order chi connectivity index (χ1) is 7.67. The van der Waals surface area contributed by atoms with Gasteiger partial charge in [-0.1, -0.05) is 6.92 Å². The van der Waals surface area contributed by atoms with E-state index in [1.807, 2.05) is 4.90 Å². The van der Waals surface area contributed by atoms with Gasteiger partial charge in [0.25, 0.3) is 0 Å². The first kappa shape index (κ1) is 13.5. The van der Waals surface area contributed by atoms with Crippen molar-refractivity contribution in [3.63, 3.8) is 0 Å². The molecule has 0 spiro atoms. The Bertz CT molecular complexity index is 213. The number of carbonyl (C=O) groups excluding carboxylic acids is 1. The summed E-state index contributed by atoms with van der Waals surface area (Å²) in [6.45, 7) is 6.35. The van der Waals surface area contributed by atoms with Gasteiger partial charge in [0.2, 0.25) is 5.91 Å². The molecule has 1 aliphatic rings. The van der Waals surface area contributed by atoms with Crippen LogP contribution in [-0.2, 0) is 9.53 Å². The molecule has 0 aromatic carbocycles. The van der Waals surface area contributed by atoms with Crippen molar-refractivity contribution < 1.29 is 9.53 Å². The molecule has 1 fully saturated rings. The Morgan fingerprint density at radius 3 is 2.62 bits per heavy atom. The number of likely N-dealkylation sites (tertiary alicyclic amines) is 1. The van der Waals surface area contributed by atoms with E-state index in [-0.39, 0.29) is 5.91 Å². The highest BCUT2D eigenvalue weighted by atomic mass is 16.5. The Kier molecular flexibility index (Phi) is 5.77. The first-order valence-electron chi connectivity index (χ1n) is 6.21. The predicted molar refractivity (Wildman–Crippen MR) is 64.4 cm³/mol. The number of methoxy groups -OCH3 is 1. The van der Waals surface area contributed by atoms with E-state index < -0.39 is 0 Å². The van der Waals surface area contributed by atoms with Gasteiger partial charge in [-0.05, 0) is 26.2 Å². The van der Waals surface area contributed by atoms with Gasteiger partial charge in [-0.15, -0.1) is 0 Å². The van der Waals surface area contributed by atoms with Crippen LogP contribution >= 0.6 is 0 Å². The minimum atomic E-state index is 0.217. The number of hydrogen-bond donors (Lipinski definition) is 1. The number of rotatable bonds is 5. The van der Waals surface area contributed by atoms with E-state index in [9.17, 15) is 4.79 Å². The average Bonchev–Trinajstić information content (AvgIpc) is 2.35. The zero-order chi connectivity index (χ0) is 12.0. The topological polar surface area (TPSA) is 41.6 Å². The van der Waals surface area contributed by atoms with Crippen molar-refractivity contribution in [1.29, 1.82) is 0 Å². The van der Waals surface area contributed by atoms with Gasteiger partial charge in [0.05, 0.1) is 12.6 Å². The monoisotopic (exact) mass is 228 g/mol. The van der Waals surface area contributed by atoms with Crippen LogP contribution in [0.25, 0.3) is 0 Å². The molecule has 1 unspecified atom stereocenters. The van der Waals surface area contributed by atoms with E-state index in [1.54, 1.807) is 7.11 Å². The highest BCUT2D eigenvalue weighted by Crippen LogP contribution is 2.12. The number of ether oxygens (including phenoxy) is 1. The highest BCUT2D eigenvalue weighted by molar-refractivity contribution is 5.78. The van der Waals surface area contributed by atoms with Crippen LogP contribution in [0, 0.1) is 0 Å². The van der Waals surface area contributed by atoms with Gasteiger partial charge >= 0.3 is 0 Å². The summed E-state index contributed by atoms with van der Waals surface area (Å²) in [7, 11) is 1.74. The maximum absolute atomic E-state index is 11.8. The van der Waals surface area contributed by atoms with E-state index in [4.69, 9.17) is 4.74 Å². The van der Waals surface area contributed by atoms with E-state index in [1.165, 1.54) is 0 Å². The lowest BCUT2D eigenvalue weighted by molar-refractivity contribution is -0.132. The lowest BCUT2D eigenvalue weighted by Gasteiger charge is -2.31. The molecule has 0 radical (unpaired) electrons. The molecule has 4 heteroatoms. The normalized spacial score (nSPS) is 19.8. The van der Waals surface area contributed by atoms with Crippen LogP contribution in [0.3, 0.4) is 0 Å². The third kappa shape index (κ3) is 4.10. The highest BCUT2D eigenvalue weighted by Gasteiger charge is 2.22. The molecule has 1 saturated heterocycles. The average molecular weight is 228 g/mol. The number of nitrogens with zero attached hydrogens (tertiary/aromatic N) is 1. The zero-order valence-electron chi connectivity index (χ0n) is 10.7. The molecular weight excluding hydrogens is 204 g/mol. The maximum Gasteiger partial charge on any atom is 0.236 e. The minimum absolute atomic E-state index is 0.217. The molecule has 1 amide bonds. The fourth-order valence-corrected chi connectivity index (χ4v) is 1.86. The summed E-state index contributed by atoms with van der Waals surface area (Å²) in [4.78, 5) is 13.8. The Morgan fingerprint density at radius 1 is 1.50 bits per heavy atom. The molecule has 0 aliphatic carbocycles. The van der Waals surface area contributed by atoms with Gasteiger partial charge < -0.3 is 15.0 Å². The van der Waals surface area contributed by atoms with Crippen molar-refractivity contribution in [2.24, 2.45) is 0 Å². The molecule has 1 N–H and O–H groups in total. The summed E-state index contributed by atoms with van der Waals surface area (Å²) < 4.78 is 5.28. The van der Waals surface area contributed by atoms with E-state index >= 15 is 0 Å². The standard InChI is InChI=1S/C12H24N2O2/c1-4-10(2)13-9-12(15)14-7-5-11(16-3)6-8-14/h10-11,13H,4-9H2,1-3H3. The van der Waals surface area contributed by atoms with Gasteiger partial charge in [-0.2, -0.15) is 0 Å². The van der Waals surface area contributed by atoms with Crippen LogP contribution in [-0.4, -0.2) is 49.7 Å². The van der Waals surface area contributed by atoms with Gasteiger partial charge in [0, 0.05) is 26.2 Å². The van der Waals surface area contributed by atoms with Gasteiger partial charge in [-0.3, -0.25) is 4.79 Å². The third-order valence-electron chi connectivity index (χ3n) is 3.34. The molecule has 1 aliphatic heterocycles. The molecule has 0 saturated carbocycles. The van der Waals surface area contributed by atoms with E-state index in [2.05, 4.69) is 19.2 Å². The summed E-state index contributed by atoms with van der Waals surface area (Å²) >= 11 is 0. The third-order valence-corrected chi connectivity index (χ3v) is 3.34. The van der Waals surface area contributed by atoms with E-state index in [0.717, 1.165) is 32.4 Å². The Labute approximate surface area is 98.3 Å². The summed E-state index contributed by atoms with van der Waals surface area (Å²) in [5.41, 5.74) is 0. The predicted octanol–water partition coefficient (Wildman–Crippen LogP) is 1.01. The lowest BCUT2D eigenvalue weighted by atomic mass is 10.1. The van der Waals surface area contributed by atoms with Crippen LogP contribution in [0.1, 0.15) is 33.1 Å². The lowest BCUT2D eigenvalue weighted by Crippen LogP contribution is -2.45. The molecule has 4 nitrogen and oxygen atoms in total. The number of piperidine rings is 1. The number of nitrogens with one attached hydrogen (secondary N) is 1. The molecule has 1 atom stereocenters. The Morgan fingerprint density at radius 2 is 2.12 bits per heavy atom. The largest absolute Gasteiger partial charge is 0.381 e. The molecular formula is C12H24N2O2. The number of hydrogen-bond acceptors (Lipinski definition) is 3. The van der Waals surface area contributed by atoms with Crippen molar-refractivity contribution in [3.8, 4) is 0 Å². The first-order valence-corrected chi connectivity index (χ1v) is 6.21. The summed E-state index contributed by atoms with van der Waals surface area (Å²) in [5.74, 6) is 0.217. The van der Waals surface area contributed by atoms with Crippen LogP contribution in [0.2, 0.25) is 0 Å². The second-order valence-corrected chi connectivity index (χ2v) is 4.51. The summed E-state index contributed by atoms with van der Waals surface area (Å²) in [5, 5.41) is 3.23. The Balaban J connectivity index is 2.22. The van der Waals surface area contributed by atoms with Crippen LogP contribution in [0.15, 0.2) is 0 Å². The second-order valence-electron chi connectivity index (χ2n) is 4.51. The molecule has 0 aromatic rings. The zero-order valence-corrected chi connectivity index (χ0v) is 10.7. The summed E-state index contributed by atoms with van der Waals surface area (Å²) in [6, 6.07) is 0.417. The van der Waals surface area contributed by atoms with Crippen molar-refractivity contribution in [3.05, 3.63) is 0 Å². The Hall–Kier alpha value is -0.610. The van der Waals surface area contributed by atoms with Crippen molar-refractivity contribution in [2.45, 2.75) is 45.3 Å². The molecule has 0 bridgehead atoms. The van der Waals surface area contributed by atoms with Crippen LogP contribution in [0.4, 0.5) is 0 Å². The quantitative estimate of drug-likeness (QED) is 0.763. The second kappa shape index (κ2) is 6.86. The number of carbonyl (C=O) groups is 1. The fraction of sp³-hybridized carbons (Fsp3) is 0.917. The summed E-state index contributed by atoms with van der Waals surface area (Å²) in [6.07, 6.45) is 3.32. The van der Waals surface area contributed by atoms with E-state index in [0.29, 0.717) is 18.7 Å². The van der Waals surface area contributed by atoms with Crippen molar-refractivity contribution in [2.75, 3.05) is 26.7 Å². The SMILES string of the molecule is CCC(C)NCC(=O)N1CCC(OC)CC1. The van der Waals surface area contributed by atoms with Gasteiger partial charge in [-0.25, -0.2) is 0 Å². The minimum Gasteiger partial charge on any atom is -0.381 e. The molecule has 1 rings (SSSR count).